The fraction of sp³-hybridized carbons (Fsp3) is 0.591. The van der Waals surface area contributed by atoms with Crippen LogP contribution in [0.15, 0.2) is 10.5 Å². The zero-order chi connectivity index (χ0) is 20.4. The third kappa shape index (κ3) is 2.00. The Kier molecular flexibility index (Phi) is 3.47. The van der Waals surface area contributed by atoms with Gasteiger partial charge in [0.2, 0.25) is 0 Å². The van der Waals surface area contributed by atoms with Gasteiger partial charge in [0.05, 0.1) is 23.8 Å². The minimum atomic E-state index is -0.902. The molecule has 1 aromatic heterocycles. The van der Waals surface area contributed by atoms with Gasteiger partial charge in [-0.1, -0.05) is 15.9 Å². The molecular weight excluding hydrogens is 466 g/mol. The summed E-state index contributed by atoms with van der Waals surface area (Å²) < 4.78 is 13.4. The lowest BCUT2D eigenvalue weighted by Crippen LogP contribution is -2.74. The van der Waals surface area contributed by atoms with Crippen LogP contribution in [0, 0.1) is 5.92 Å². The molecule has 158 valence electrons. The second-order valence-corrected chi connectivity index (χ2v) is 11.6. The number of likely N-dealkylation sites (tertiary alicyclic amines) is 1. The number of nitrogens with zero attached hydrogens (tertiary/aromatic N) is 2. The van der Waals surface area contributed by atoms with Crippen LogP contribution in [0.3, 0.4) is 0 Å². The van der Waals surface area contributed by atoms with Gasteiger partial charge in [-0.2, -0.15) is 0 Å². The van der Waals surface area contributed by atoms with Crippen LogP contribution in [0.5, 0.6) is 11.5 Å². The number of hydrogen-bond acceptors (Lipinski definition) is 7. The van der Waals surface area contributed by atoms with Crippen molar-refractivity contribution in [1.29, 1.82) is 0 Å². The number of rotatable bonds is 3. The number of hydrogen-bond donors (Lipinski definition) is 2. The van der Waals surface area contributed by atoms with Gasteiger partial charge in [0.1, 0.15) is 0 Å². The number of nitrogens with two attached hydrogens (primary N) is 1. The second kappa shape index (κ2) is 5.71. The molecule has 3 aliphatic carbocycles. The van der Waals surface area contributed by atoms with E-state index in [0.717, 1.165) is 64.0 Å². The molecule has 5 aliphatic rings. The van der Waals surface area contributed by atoms with Gasteiger partial charge < -0.3 is 20.3 Å². The summed E-state index contributed by atoms with van der Waals surface area (Å²) in [6.45, 7) is 2.06. The molecule has 8 heteroatoms. The molecule has 1 saturated heterocycles. The first kappa shape index (κ1) is 18.2. The van der Waals surface area contributed by atoms with Crippen molar-refractivity contribution in [2.45, 2.75) is 55.3 Å². The van der Waals surface area contributed by atoms with Gasteiger partial charge in [-0.3, -0.25) is 4.90 Å². The normalized spacial score (nSPS) is 35.6. The standard InChI is InChI=1S/C22H24BrN3O3S/c1-28-13-7-12(23)11-6-15-22(27)8-14-17(25-20(24)30-14)19-21(22,16(11)18(13)29-19)4-5-26(15)9-10-2-3-10/h7,10,15,19,27H,2-6,8-9H2,1H3,(H2,24,25)/t15-,19+,21+,22-/m1/s1. The van der Waals surface area contributed by atoms with E-state index in [0.29, 0.717) is 11.6 Å². The van der Waals surface area contributed by atoms with E-state index in [1.165, 1.54) is 29.7 Å². The molecule has 2 fully saturated rings. The summed E-state index contributed by atoms with van der Waals surface area (Å²) in [6, 6.07) is 2.08. The summed E-state index contributed by atoms with van der Waals surface area (Å²) >= 11 is 5.31. The topological polar surface area (TPSA) is 80.8 Å². The van der Waals surface area contributed by atoms with Crippen molar-refractivity contribution >= 4 is 32.4 Å². The molecule has 0 radical (unpaired) electrons. The first-order chi connectivity index (χ1) is 14.5. The van der Waals surface area contributed by atoms with Crippen LogP contribution in [0.2, 0.25) is 0 Å². The van der Waals surface area contributed by atoms with Crippen molar-refractivity contribution in [2.24, 2.45) is 5.92 Å². The zero-order valence-electron chi connectivity index (χ0n) is 16.8. The maximum atomic E-state index is 12.6. The zero-order valence-corrected chi connectivity index (χ0v) is 19.2. The summed E-state index contributed by atoms with van der Waals surface area (Å²) in [7, 11) is 1.68. The predicted molar refractivity (Wildman–Crippen MR) is 117 cm³/mol. The Morgan fingerprint density at radius 2 is 2.30 bits per heavy atom. The number of benzene rings is 1. The van der Waals surface area contributed by atoms with Gasteiger partial charge in [0.25, 0.3) is 0 Å². The lowest BCUT2D eigenvalue weighted by molar-refractivity contribution is -0.173. The lowest BCUT2D eigenvalue weighted by Gasteiger charge is -2.62. The van der Waals surface area contributed by atoms with Crippen molar-refractivity contribution < 1.29 is 14.6 Å². The number of piperidine rings is 1. The Balaban J connectivity index is 1.52. The van der Waals surface area contributed by atoms with Crippen molar-refractivity contribution in [3.05, 3.63) is 32.2 Å². The minimum absolute atomic E-state index is 0.0672. The Morgan fingerprint density at radius 1 is 1.47 bits per heavy atom. The highest BCUT2D eigenvalue weighted by Gasteiger charge is 2.73. The first-order valence-corrected chi connectivity index (χ1v) is 12.3. The molecule has 30 heavy (non-hydrogen) atoms. The Labute approximate surface area is 187 Å². The lowest BCUT2D eigenvalue weighted by atomic mass is 9.49. The molecule has 4 atom stereocenters. The highest BCUT2D eigenvalue weighted by Crippen LogP contribution is 2.69. The molecular formula is C22H24BrN3O3S. The highest BCUT2D eigenvalue weighted by molar-refractivity contribution is 9.10. The van der Waals surface area contributed by atoms with E-state index in [1.54, 1.807) is 7.11 Å². The van der Waals surface area contributed by atoms with Crippen molar-refractivity contribution in [3.63, 3.8) is 0 Å². The molecule has 3 heterocycles. The number of ether oxygens (including phenoxy) is 2. The van der Waals surface area contributed by atoms with Gasteiger partial charge in [0, 0.05) is 33.9 Å². The largest absolute Gasteiger partial charge is 0.493 e. The molecule has 7 rings (SSSR count). The number of fused-ring (bicyclic) bond motifs is 2. The Bertz CT molecular complexity index is 1100. The molecule has 1 spiro atoms. The number of thiazole rings is 1. The van der Waals surface area contributed by atoms with Gasteiger partial charge >= 0.3 is 0 Å². The number of nitrogen functional groups attached to an aromatic ring is 1. The highest BCUT2D eigenvalue weighted by atomic mass is 79.9. The maximum Gasteiger partial charge on any atom is 0.180 e. The molecule has 6 nitrogen and oxygen atoms in total. The summed E-state index contributed by atoms with van der Waals surface area (Å²) in [5.74, 6) is 2.29. The van der Waals surface area contributed by atoms with E-state index in [1.807, 2.05) is 6.07 Å². The van der Waals surface area contributed by atoms with E-state index in [-0.39, 0.29) is 12.1 Å². The smallest absolute Gasteiger partial charge is 0.180 e. The third-order valence-corrected chi connectivity index (χ3v) is 9.82. The van der Waals surface area contributed by atoms with Crippen molar-refractivity contribution in [2.75, 3.05) is 25.9 Å². The van der Waals surface area contributed by atoms with Gasteiger partial charge in [0.15, 0.2) is 22.7 Å². The third-order valence-electron chi connectivity index (χ3n) is 8.22. The van der Waals surface area contributed by atoms with E-state index in [2.05, 4.69) is 25.8 Å². The summed E-state index contributed by atoms with van der Waals surface area (Å²) in [5.41, 5.74) is 8.04. The van der Waals surface area contributed by atoms with E-state index < -0.39 is 11.0 Å². The predicted octanol–water partition coefficient (Wildman–Crippen LogP) is 3.20. The van der Waals surface area contributed by atoms with E-state index in [9.17, 15) is 5.11 Å². The average Bonchev–Trinajstić information content (AvgIpc) is 3.34. The van der Waals surface area contributed by atoms with Crippen LogP contribution in [-0.2, 0) is 18.3 Å². The van der Waals surface area contributed by atoms with Crippen LogP contribution in [0.4, 0.5) is 5.13 Å². The van der Waals surface area contributed by atoms with Gasteiger partial charge in [-0.15, -0.1) is 11.3 Å². The van der Waals surface area contributed by atoms with Crippen molar-refractivity contribution in [1.82, 2.24) is 9.88 Å². The first-order valence-electron chi connectivity index (χ1n) is 10.7. The SMILES string of the molecule is COc1cc(Br)c2c3c1O[C@H]1c4nc(N)sc4C[C@@]4(O)[C@@H](C2)N(CC2CC2)CC[C@]314. The van der Waals surface area contributed by atoms with E-state index >= 15 is 0 Å². The summed E-state index contributed by atoms with van der Waals surface area (Å²) in [4.78, 5) is 8.32. The van der Waals surface area contributed by atoms with Gasteiger partial charge in [-0.25, -0.2) is 4.98 Å². The molecule has 0 amide bonds. The van der Waals surface area contributed by atoms with Crippen LogP contribution < -0.4 is 15.2 Å². The number of aromatic nitrogens is 1. The number of anilines is 1. The molecule has 1 aromatic carbocycles. The fourth-order valence-corrected chi connectivity index (χ4v) is 8.31. The quantitative estimate of drug-likeness (QED) is 0.688. The molecule has 2 aliphatic heterocycles. The van der Waals surface area contributed by atoms with Crippen molar-refractivity contribution in [3.8, 4) is 11.5 Å². The molecule has 3 N–H and O–H groups in total. The average molecular weight is 490 g/mol. The van der Waals surface area contributed by atoms with Gasteiger partial charge in [-0.05, 0) is 49.8 Å². The second-order valence-electron chi connectivity index (χ2n) is 9.58. The van der Waals surface area contributed by atoms with Crippen LogP contribution in [0.25, 0.3) is 0 Å². The van der Waals surface area contributed by atoms with E-state index in [4.69, 9.17) is 15.2 Å². The monoisotopic (exact) mass is 489 g/mol. The van der Waals surface area contributed by atoms with Crippen LogP contribution in [0.1, 0.15) is 47.1 Å². The maximum absolute atomic E-state index is 12.6. The summed E-state index contributed by atoms with van der Waals surface area (Å²) in [6.07, 6.45) is 4.58. The molecule has 0 unspecified atom stereocenters. The molecule has 2 aromatic rings. The number of halogens is 1. The number of aliphatic hydroxyl groups is 1. The van der Waals surface area contributed by atoms with Crippen LogP contribution in [-0.4, -0.2) is 46.8 Å². The Hall–Kier alpha value is -1.35. The number of methoxy groups -OCH3 is 1. The molecule has 2 bridgehead atoms. The van der Waals surface area contributed by atoms with Crippen LogP contribution >= 0.6 is 27.3 Å². The minimum Gasteiger partial charge on any atom is -0.493 e. The summed E-state index contributed by atoms with van der Waals surface area (Å²) in [5, 5.41) is 13.1. The Morgan fingerprint density at radius 3 is 3.07 bits per heavy atom. The molecule has 1 saturated carbocycles. The fourth-order valence-electron chi connectivity index (χ4n) is 6.79.